The van der Waals surface area contributed by atoms with Crippen molar-refractivity contribution < 1.29 is 9.53 Å². The minimum absolute atomic E-state index is 0.215. The highest BCUT2D eigenvalue weighted by atomic mass is 32.2. The first-order chi connectivity index (χ1) is 6.15. The summed E-state index contributed by atoms with van der Waals surface area (Å²) in [5, 5.41) is 1.84. The van der Waals surface area contributed by atoms with Crippen LogP contribution in [-0.2, 0) is 4.74 Å². The molecule has 0 spiro atoms. The summed E-state index contributed by atoms with van der Waals surface area (Å²) in [5.74, 6) is 0. The van der Waals surface area contributed by atoms with Gasteiger partial charge < -0.3 is 4.74 Å². The van der Waals surface area contributed by atoms with E-state index in [0.29, 0.717) is 6.61 Å². The van der Waals surface area contributed by atoms with Crippen molar-refractivity contribution in [2.45, 2.75) is 25.0 Å². The molecule has 1 aromatic rings. The number of carbonyl (C=O) groups is 1. The van der Waals surface area contributed by atoms with Crippen molar-refractivity contribution in [3.05, 3.63) is 16.5 Å². The van der Waals surface area contributed by atoms with Crippen LogP contribution in [0.2, 0.25) is 0 Å². The Morgan fingerprint density at radius 3 is 2.77 bits per heavy atom. The van der Waals surface area contributed by atoms with Crippen LogP contribution in [0.3, 0.4) is 0 Å². The fourth-order valence-corrected chi connectivity index (χ4v) is 2.78. The van der Waals surface area contributed by atoms with Crippen LogP contribution >= 0.6 is 23.1 Å². The minimum Gasteiger partial charge on any atom is -0.458 e. The number of thiophene rings is 1. The molecular weight excluding hydrogens is 204 g/mol. The van der Waals surface area contributed by atoms with E-state index in [1.165, 1.54) is 22.9 Å². The van der Waals surface area contributed by atoms with Gasteiger partial charge in [-0.3, -0.25) is 0 Å². The molecule has 0 unspecified atom stereocenters. The fourth-order valence-electron chi connectivity index (χ4n) is 0.803. The maximum Gasteiger partial charge on any atom is 0.372 e. The van der Waals surface area contributed by atoms with E-state index in [-0.39, 0.29) is 5.30 Å². The Hall–Kier alpha value is -0.480. The van der Waals surface area contributed by atoms with Gasteiger partial charge in [-0.2, -0.15) is 0 Å². The van der Waals surface area contributed by atoms with Gasteiger partial charge in [-0.1, -0.05) is 0 Å². The summed E-state index contributed by atoms with van der Waals surface area (Å²) in [7, 11) is 0. The summed E-state index contributed by atoms with van der Waals surface area (Å²) in [4.78, 5) is 11.1. The van der Waals surface area contributed by atoms with Gasteiger partial charge in [0.25, 0.3) is 0 Å². The van der Waals surface area contributed by atoms with Crippen LogP contribution in [0.25, 0.3) is 0 Å². The highest BCUT2D eigenvalue weighted by molar-refractivity contribution is 8.14. The molecule has 0 aliphatic rings. The van der Waals surface area contributed by atoms with Gasteiger partial charge in [-0.05, 0) is 37.3 Å². The number of ether oxygens (including phenoxy) is 1. The van der Waals surface area contributed by atoms with Crippen molar-refractivity contribution in [1.29, 1.82) is 0 Å². The van der Waals surface area contributed by atoms with Gasteiger partial charge in [0.2, 0.25) is 0 Å². The lowest BCUT2D eigenvalue weighted by Crippen LogP contribution is -1.95. The molecule has 0 amide bonds. The standard InChI is InChI=1S/C9H12O2S2/c1-4-11-9(10)13-8-7(3)6(2)5-12-8/h5H,4H2,1-3H3. The SMILES string of the molecule is CCOC(=O)Sc1scc(C)c1C. The molecule has 0 aliphatic carbocycles. The van der Waals surface area contributed by atoms with Crippen molar-refractivity contribution in [2.75, 3.05) is 6.61 Å². The number of aryl methyl sites for hydroxylation is 1. The Kier molecular flexibility index (Phi) is 3.81. The normalized spacial score (nSPS) is 10.1. The maximum absolute atomic E-state index is 11.1. The molecule has 0 fully saturated rings. The summed E-state index contributed by atoms with van der Waals surface area (Å²) in [5.41, 5.74) is 2.42. The Morgan fingerprint density at radius 2 is 2.31 bits per heavy atom. The van der Waals surface area contributed by atoms with Gasteiger partial charge in [0.05, 0.1) is 10.8 Å². The second kappa shape index (κ2) is 4.67. The monoisotopic (exact) mass is 216 g/mol. The van der Waals surface area contributed by atoms with Crippen LogP contribution in [0.1, 0.15) is 18.1 Å². The van der Waals surface area contributed by atoms with Crippen molar-refractivity contribution >= 4 is 28.4 Å². The molecule has 0 aromatic carbocycles. The second-order valence-corrected chi connectivity index (χ2v) is 4.70. The van der Waals surface area contributed by atoms with E-state index in [9.17, 15) is 4.79 Å². The van der Waals surface area contributed by atoms with E-state index in [4.69, 9.17) is 4.74 Å². The number of thioether (sulfide) groups is 1. The average Bonchev–Trinajstić information content (AvgIpc) is 2.37. The molecule has 72 valence electrons. The second-order valence-electron chi connectivity index (χ2n) is 2.62. The Morgan fingerprint density at radius 1 is 1.62 bits per heavy atom. The van der Waals surface area contributed by atoms with Gasteiger partial charge in [-0.15, -0.1) is 11.3 Å². The molecule has 1 rings (SSSR count). The van der Waals surface area contributed by atoms with E-state index < -0.39 is 0 Å². The lowest BCUT2D eigenvalue weighted by Gasteiger charge is -1.99. The van der Waals surface area contributed by atoms with Crippen LogP contribution < -0.4 is 0 Å². The Labute approximate surface area is 86.3 Å². The van der Waals surface area contributed by atoms with Crippen molar-refractivity contribution in [2.24, 2.45) is 0 Å². The van der Waals surface area contributed by atoms with Gasteiger partial charge in [0, 0.05) is 11.8 Å². The third kappa shape index (κ3) is 2.74. The lowest BCUT2D eigenvalue weighted by atomic mass is 10.2. The first kappa shape index (κ1) is 10.6. The molecule has 0 saturated heterocycles. The highest BCUT2D eigenvalue weighted by Gasteiger charge is 2.10. The van der Waals surface area contributed by atoms with Crippen LogP contribution in [-0.4, -0.2) is 11.9 Å². The van der Waals surface area contributed by atoms with E-state index in [1.54, 1.807) is 11.3 Å². The Balaban J connectivity index is 2.64. The fraction of sp³-hybridized carbons (Fsp3) is 0.444. The zero-order valence-corrected chi connectivity index (χ0v) is 9.55. The molecule has 0 saturated carbocycles. The van der Waals surface area contributed by atoms with Crippen LogP contribution in [0.15, 0.2) is 9.59 Å². The molecule has 0 radical (unpaired) electrons. The number of carbonyl (C=O) groups excluding carboxylic acids is 1. The molecule has 1 heterocycles. The van der Waals surface area contributed by atoms with E-state index in [0.717, 1.165) is 4.21 Å². The summed E-state index contributed by atoms with van der Waals surface area (Å²) >= 11 is 2.77. The molecular formula is C9H12O2S2. The zero-order valence-electron chi connectivity index (χ0n) is 7.92. The van der Waals surface area contributed by atoms with Gasteiger partial charge in [0.15, 0.2) is 0 Å². The van der Waals surface area contributed by atoms with Crippen molar-refractivity contribution in [3.63, 3.8) is 0 Å². The molecule has 2 nitrogen and oxygen atoms in total. The van der Waals surface area contributed by atoms with Crippen LogP contribution in [0.5, 0.6) is 0 Å². The van der Waals surface area contributed by atoms with E-state index in [2.05, 4.69) is 5.38 Å². The molecule has 1 aromatic heterocycles. The molecule has 0 N–H and O–H groups in total. The molecule has 0 bridgehead atoms. The topological polar surface area (TPSA) is 26.3 Å². The lowest BCUT2D eigenvalue weighted by molar-refractivity contribution is 0.181. The first-order valence-corrected chi connectivity index (χ1v) is 5.74. The predicted molar refractivity (Wildman–Crippen MR) is 56.7 cm³/mol. The van der Waals surface area contributed by atoms with Gasteiger partial charge in [0.1, 0.15) is 0 Å². The summed E-state index contributed by atoms with van der Waals surface area (Å²) in [6.07, 6.45) is 0. The summed E-state index contributed by atoms with van der Waals surface area (Å²) < 4.78 is 5.88. The quantitative estimate of drug-likeness (QED) is 0.558. The van der Waals surface area contributed by atoms with E-state index >= 15 is 0 Å². The third-order valence-corrected chi connectivity index (χ3v) is 3.99. The summed E-state index contributed by atoms with van der Waals surface area (Å²) in [6, 6.07) is 0. The number of hydrogen-bond donors (Lipinski definition) is 0. The summed E-state index contributed by atoms with van der Waals surface area (Å²) in [6.45, 7) is 6.31. The third-order valence-electron chi connectivity index (χ3n) is 1.68. The first-order valence-electron chi connectivity index (χ1n) is 4.04. The average molecular weight is 216 g/mol. The maximum atomic E-state index is 11.1. The smallest absolute Gasteiger partial charge is 0.372 e. The largest absolute Gasteiger partial charge is 0.458 e. The highest BCUT2D eigenvalue weighted by Crippen LogP contribution is 2.32. The van der Waals surface area contributed by atoms with Gasteiger partial charge in [-0.25, -0.2) is 4.79 Å². The predicted octanol–water partition coefficient (Wildman–Crippen LogP) is 3.61. The van der Waals surface area contributed by atoms with Crippen molar-refractivity contribution in [1.82, 2.24) is 0 Å². The number of hydrogen-bond acceptors (Lipinski definition) is 4. The molecule has 0 atom stereocenters. The van der Waals surface area contributed by atoms with Crippen LogP contribution in [0, 0.1) is 13.8 Å². The molecule has 0 aliphatic heterocycles. The van der Waals surface area contributed by atoms with Crippen LogP contribution in [0.4, 0.5) is 4.79 Å². The zero-order chi connectivity index (χ0) is 9.84. The Bertz CT molecular complexity index is 305. The van der Waals surface area contributed by atoms with Gasteiger partial charge >= 0.3 is 5.30 Å². The van der Waals surface area contributed by atoms with E-state index in [1.807, 2.05) is 20.8 Å². The molecule has 4 heteroatoms. The molecule has 13 heavy (non-hydrogen) atoms. The number of rotatable bonds is 2. The minimum atomic E-state index is -0.215. The van der Waals surface area contributed by atoms with Crippen molar-refractivity contribution in [3.8, 4) is 0 Å².